The molecule has 2 heterocycles. The Hall–Kier alpha value is -1.36. The van der Waals surface area contributed by atoms with Crippen LogP contribution < -0.4 is 0 Å². The molecule has 0 N–H and O–H groups in total. The van der Waals surface area contributed by atoms with E-state index in [4.69, 9.17) is 11.6 Å². The smallest absolute Gasteiger partial charge is 0.128 e. The summed E-state index contributed by atoms with van der Waals surface area (Å²) in [6, 6.07) is 10.7. The second-order valence-electron chi connectivity index (χ2n) is 5.59. The van der Waals surface area contributed by atoms with Gasteiger partial charge in [0.1, 0.15) is 11.0 Å². The van der Waals surface area contributed by atoms with Gasteiger partial charge in [-0.1, -0.05) is 41.9 Å². The van der Waals surface area contributed by atoms with Crippen LogP contribution in [0, 0.1) is 0 Å². The molecule has 0 bridgehead atoms. The van der Waals surface area contributed by atoms with Crippen molar-refractivity contribution in [2.45, 2.75) is 13.1 Å². The molecule has 0 amide bonds. The zero-order valence-corrected chi connectivity index (χ0v) is 13.1. The molecule has 1 saturated heterocycles. The number of piperazine rings is 1. The van der Waals surface area contributed by atoms with Crippen molar-refractivity contribution in [1.82, 2.24) is 19.4 Å². The Bertz CT molecular complexity index is 573. The third kappa shape index (κ3) is 3.64. The molecule has 2 aromatic rings. The lowest BCUT2D eigenvalue weighted by atomic mass is 10.2. The highest BCUT2D eigenvalue weighted by molar-refractivity contribution is 6.29. The third-order valence-corrected chi connectivity index (χ3v) is 4.46. The monoisotopic (exact) mass is 304 g/mol. The first kappa shape index (κ1) is 14.6. The zero-order chi connectivity index (χ0) is 14.7. The van der Waals surface area contributed by atoms with Crippen LogP contribution in [0.1, 0.15) is 11.4 Å². The van der Waals surface area contributed by atoms with Crippen LogP contribution in [-0.2, 0) is 20.1 Å². The molecule has 1 aromatic heterocycles. The van der Waals surface area contributed by atoms with Gasteiger partial charge >= 0.3 is 0 Å². The maximum atomic E-state index is 6.03. The number of rotatable bonds is 4. The Morgan fingerprint density at radius 2 is 1.62 bits per heavy atom. The van der Waals surface area contributed by atoms with Gasteiger partial charge in [-0.25, -0.2) is 4.98 Å². The van der Waals surface area contributed by atoms with Gasteiger partial charge in [0.2, 0.25) is 0 Å². The fraction of sp³-hybridized carbons (Fsp3) is 0.438. The zero-order valence-electron chi connectivity index (χ0n) is 12.4. The van der Waals surface area contributed by atoms with Crippen LogP contribution in [-0.4, -0.2) is 45.5 Å². The lowest BCUT2D eigenvalue weighted by Gasteiger charge is -2.34. The van der Waals surface area contributed by atoms with Crippen LogP contribution >= 0.6 is 11.6 Å². The highest BCUT2D eigenvalue weighted by atomic mass is 35.5. The van der Waals surface area contributed by atoms with Gasteiger partial charge < -0.3 is 4.57 Å². The van der Waals surface area contributed by atoms with Crippen LogP contribution in [0.25, 0.3) is 0 Å². The van der Waals surface area contributed by atoms with E-state index in [1.807, 2.05) is 11.6 Å². The predicted octanol–water partition coefficient (Wildman–Crippen LogP) is 2.39. The topological polar surface area (TPSA) is 24.3 Å². The summed E-state index contributed by atoms with van der Waals surface area (Å²) in [6.07, 6.45) is 1.72. The van der Waals surface area contributed by atoms with Crippen molar-refractivity contribution >= 4 is 11.6 Å². The molecule has 0 unspecified atom stereocenters. The normalized spacial score (nSPS) is 17.2. The number of imidazole rings is 1. The molecular weight excluding hydrogens is 284 g/mol. The van der Waals surface area contributed by atoms with Gasteiger partial charge in [0.05, 0.1) is 12.7 Å². The van der Waals surface area contributed by atoms with Crippen LogP contribution in [0.3, 0.4) is 0 Å². The van der Waals surface area contributed by atoms with Crippen LogP contribution in [0.5, 0.6) is 0 Å². The van der Waals surface area contributed by atoms with E-state index in [0.29, 0.717) is 5.15 Å². The summed E-state index contributed by atoms with van der Waals surface area (Å²) in [5, 5.41) is 0.702. The first-order valence-electron chi connectivity index (χ1n) is 7.37. The van der Waals surface area contributed by atoms with E-state index in [0.717, 1.165) is 45.1 Å². The summed E-state index contributed by atoms with van der Waals surface area (Å²) in [5.74, 6) is 1.04. The second-order valence-corrected chi connectivity index (χ2v) is 5.98. The van der Waals surface area contributed by atoms with Crippen LogP contribution in [0.2, 0.25) is 5.15 Å². The number of hydrogen-bond acceptors (Lipinski definition) is 3. The summed E-state index contributed by atoms with van der Waals surface area (Å²) in [5.41, 5.74) is 1.39. The minimum Gasteiger partial charge on any atom is -0.321 e. The van der Waals surface area contributed by atoms with Crippen molar-refractivity contribution in [3.05, 3.63) is 53.1 Å². The van der Waals surface area contributed by atoms with E-state index in [-0.39, 0.29) is 0 Å². The molecule has 1 aliphatic heterocycles. The number of aromatic nitrogens is 2. The Balaban J connectivity index is 1.50. The van der Waals surface area contributed by atoms with Crippen molar-refractivity contribution in [3.63, 3.8) is 0 Å². The summed E-state index contributed by atoms with van der Waals surface area (Å²) in [4.78, 5) is 9.33. The summed E-state index contributed by atoms with van der Waals surface area (Å²) in [6.45, 7) is 6.29. The Labute approximate surface area is 130 Å². The van der Waals surface area contributed by atoms with Gasteiger partial charge in [-0.15, -0.1) is 0 Å². The fourth-order valence-corrected chi connectivity index (χ4v) is 2.86. The van der Waals surface area contributed by atoms with Gasteiger partial charge in [0, 0.05) is 39.8 Å². The van der Waals surface area contributed by atoms with Gasteiger partial charge in [-0.2, -0.15) is 0 Å². The molecule has 0 atom stereocenters. The van der Waals surface area contributed by atoms with Crippen LogP contribution in [0.4, 0.5) is 0 Å². The average Bonchev–Trinajstić information content (AvgIpc) is 2.82. The molecule has 3 rings (SSSR count). The second kappa shape index (κ2) is 6.60. The Morgan fingerprint density at radius 1 is 1.00 bits per heavy atom. The summed E-state index contributed by atoms with van der Waals surface area (Å²) in [7, 11) is 1.97. The molecule has 0 saturated carbocycles. The largest absolute Gasteiger partial charge is 0.321 e. The number of hydrogen-bond donors (Lipinski definition) is 0. The van der Waals surface area contributed by atoms with Gasteiger partial charge in [-0.05, 0) is 5.56 Å². The van der Waals surface area contributed by atoms with E-state index < -0.39 is 0 Å². The number of halogens is 1. The molecule has 21 heavy (non-hydrogen) atoms. The van der Waals surface area contributed by atoms with Crippen molar-refractivity contribution < 1.29 is 0 Å². The minimum atomic E-state index is 0.702. The van der Waals surface area contributed by atoms with E-state index in [1.54, 1.807) is 6.20 Å². The SMILES string of the molecule is Cn1c(Cl)cnc1CN1CCN(Cc2ccccc2)CC1. The van der Waals surface area contributed by atoms with Gasteiger partial charge in [0.25, 0.3) is 0 Å². The summed E-state index contributed by atoms with van der Waals surface area (Å²) >= 11 is 6.03. The van der Waals surface area contributed by atoms with E-state index in [1.165, 1.54) is 5.56 Å². The Morgan fingerprint density at radius 3 is 2.19 bits per heavy atom. The highest BCUT2D eigenvalue weighted by Gasteiger charge is 2.18. The highest BCUT2D eigenvalue weighted by Crippen LogP contribution is 2.13. The van der Waals surface area contributed by atoms with Crippen molar-refractivity contribution in [2.24, 2.45) is 7.05 Å². The predicted molar refractivity (Wildman–Crippen MR) is 85.2 cm³/mol. The molecule has 1 fully saturated rings. The van der Waals surface area contributed by atoms with Crippen LogP contribution in [0.15, 0.2) is 36.5 Å². The molecule has 112 valence electrons. The first-order chi connectivity index (χ1) is 10.2. The maximum absolute atomic E-state index is 6.03. The number of nitrogens with zero attached hydrogens (tertiary/aromatic N) is 4. The summed E-state index contributed by atoms with van der Waals surface area (Å²) < 4.78 is 1.96. The van der Waals surface area contributed by atoms with Gasteiger partial charge in [0.15, 0.2) is 0 Å². The number of benzene rings is 1. The quantitative estimate of drug-likeness (QED) is 0.867. The standard InChI is InChI=1S/C16H21ClN4/c1-19-15(17)11-18-16(19)13-21-9-7-20(8-10-21)12-14-5-3-2-4-6-14/h2-6,11H,7-10,12-13H2,1H3. The van der Waals surface area contributed by atoms with Crippen molar-refractivity contribution in [3.8, 4) is 0 Å². The van der Waals surface area contributed by atoms with E-state index in [9.17, 15) is 0 Å². The molecule has 0 radical (unpaired) electrons. The lowest BCUT2D eigenvalue weighted by molar-refractivity contribution is 0.119. The molecular formula is C16H21ClN4. The van der Waals surface area contributed by atoms with Crippen molar-refractivity contribution in [1.29, 1.82) is 0 Å². The van der Waals surface area contributed by atoms with Gasteiger partial charge in [-0.3, -0.25) is 9.80 Å². The molecule has 1 aromatic carbocycles. The average molecular weight is 305 g/mol. The molecule has 0 aliphatic carbocycles. The minimum absolute atomic E-state index is 0.702. The molecule has 4 nitrogen and oxygen atoms in total. The van der Waals surface area contributed by atoms with E-state index in [2.05, 4.69) is 45.1 Å². The van der Waals surface area contributed by atoms with E-state index >= 15 is 0 Å². The lowest BCUT2D eigenvalue weighted by Crippen LogP contribution is -2.45. The molecule has 5 heteroatoms. The molecule has 1 aliphatic rings. The first-order valence-corrected chi connectivity index (χ1v) is 7.75. The fourth-order valence-electron chi connectivity index (χ4n) is 2.72. The third-order valence-electron chi connectivity index (χ3n) is 4.11. The van der Waals surface area contributed by atoms with Crippen molar-refractivity contribution in [2.75, 3.05) is 26.2 Å². The Kier molecular flexibility index (Phi) is 4.58. The maximum Gasteiger partial charge on any atom is 0.128 e. The molecule has 0 spiro atoms.